The minimum Gasteiger partial charge on any atom is -0.314 e. The van der Waals surface area contributed by atoms with Crippen molar-refractivity contribution in [2.24, 2.45) is 0 Å². The molecule has 4 aromatic rings. The summed E-state index contributed by atoms with van der Waals surface area (Å²) in [7, 11) is -1.13. The number of rotatable bonds is 5. The molecule has 1 aromatic heterocycles. The third kappa shape index (κ3) is 4.76. The fraction of sp³-hybridized carbons (Fsp3) is 0.115. The Morgan fingerprint density at radius 2 is 1.60 bits per heavy atom. The summed E-state index contributed by atoms with van der Waals surface area (Å²) in [5, 5.41) is 1.52. The molecule has 4 rings (SSSR count). The van der Waals surface area contributed by atoms with Gasteiger partial charge in [0.25, 0.3) is 5.56 Å². The number of pyridine rings is 1. The molecule has 1 atom stereocenters. The number of aryl methyl sites for hydroxylation is 1. The monoisotopic (exact) mass is 411 g/mol. The summed E-state index contributed by atoms with van der Waals surface area (Å²) in [5.74, 6) is 6.73. The standard InChI is InChI=1S/C26H21NO2S/c28-26-25-20-22(11-7-10-21-8-3-1-4-9-21)14-15-23(25)16-17-27(26)18-19-30(29)24-12-5-2-6-13-24/h1-6,8-9,12-17,20H,10,18-19H2. The molecule has 0 amide bonds. The first-order valence-corrected chi connectivity index (χ1v) is 11.1. The Morgan fingerprint density at radius 3 is 2.37 bits per heavy atom. The van der Waals surface area contributed by atoms with Gasteiger partial charge >= 0.3 is 0 Å². The first kappa shape index (κ1) is 19.9. The van der Waals surface area contributed by atoms with Crippen LogP contribution in [-0.2, 0) is 23.8 Å². The van der Waals surface area contributed by atoms with Crippen molar-refractivity contribution in [3.05, 3.63) is 113 Å². The van der Waals surface area contributed by atoms with E-state index in [4.69, 9.17) is 0 Å². The smallest absolute Gasteiger partial charge is 0.258 e. The van der Waals surface area contributed by atoms with Crippen LogP contribution in [0.5, 0.6) is 0 Å². The van der Waals surface area contributed by atoms with E-state index in [-0.39, 0.29) is 5.56 Å². The molecule has 0 radical (unpaired) electrons. The molecule has 30 heavy (non-hydrogen) atoms. The SMILES string of the molecule is O=c1c2cc(C#CCc3ccccc3)ccc2ccn1CCS(=O)c1ccccc1. The van der Waals surface area contributed by atoms with Gasteiger partial charge in [0.1, 0.15) is 0 Å². The quantitative estimate of drug-likeness (QED) is 0.457. The van der Waals surface area contributed by atoms with E-state index in [9.17, 15) is 9.00 Å². The van der Waals surface area contributed by atoms with E-state index in [1.807, 2.05) is 84.9 Å². The summed E-state index contributed by atoms with van der Waals surface area (Å²) in [6.07, 6.45) is 2.44. The molecule has 1 heterocycles. The lowest BCUT2D eigenvalue weighted by Gasteiger charge is -2.08. The zero-order valence-electron chi connectivity index (χ0n) is 16.5. The Labute approximate surface area is 178 Å². The van der Waals surface area contributed by atoms with Crippen molar-refractivity contribution in [3.8, 4) is 11.8 Å². The van der Waals surface area contributed by atoms with Gasteiger partial charge in [-0.05, 0) is 41.3 Å². The van der Waals surface area contributed by atoms with Crippen LogP contribution in [0.1, 0.15) is 11.1 Å². The van der Waals surface area contributed by atoms with Gasteiger partial charge in [0, 0.05) is 40.8 Å². The molecule has 0 aliphatic carbocycles. The lowest BCUT2D eigenvalue weighted by molar-refractivity contribution is 0.670. The number of hydrogen-bond acceptors (Lipinski definition) is 2. The fourth-order valence-electron chi connectivity index (χ4n) is 3.25. The van der Waals surface area contributed by atoms with Crippen LogP contribution in [0.25, 0.3) is 10.8 Å². The maximum absolute atomic E-state index is 12.9. The van der Waals surface area contributed by atoms with E-state index in [1.54, 1.807) is 10.8 Å². The van der Waals surface area contributed by atoms with E-state index in [0.29, 0.717) is 24.1 Å². The molecule has 0 aliphatic rings. The van der Waals surface area contributed by atoms with Crippen LogP contribution in [-0.4, -0.2) is 14.5 Å². The maximum Gasteiger partial charge on any atom is 0.258 e. The van der Waals surface area contributed by atoms with Crippen LogP contribution in [0.15, 0.2) is 101 Å². The second kappa shape index (κ2) is 9.39. The molecule has 1 unspecified atom stereocenters. The van der Waals surface area contributed by atoms with Gasteiger partial charge < -0.3 is 4.57 Å². The highest BCUT2D eigenvalue weighted by Crippen LogP contribution is 2.12. The Morgan fingerprint density at radius 1 is 0.867 bits per heavy atom. The molecule has 0 N–H and O–H groups in total. The van der Waals surface area contributed by atoms with Crippen molar-refractivity contribution >= 4 is 21.6 Å². The second-order valence-corrected chi connectivity index (χ2v) is 8.51. The molecule has 4 heteroatoms. The summed E-state index contributed by atoms with van der Waals surface area (Å²) in [5.41, 5.74) is 1.91. The summed E-state index contributed by atoms with van der Waals surface area (Å²) >= 11 is 0. The van der Waals surface area contributed by atoms with Crippen LogP contribution in [0.3, 0.4) is 0 Å². The number of hydrogen-bond donors (Lipinski definition) is 0. The third-order valence-corrected chi connectivity index (χ3v) is 6.22. The van der Waals surface area contributed by atoms with Crippen molar-refractivity contribution < 1.29 is 4.21 Å². The molecule has 3 aromatic carbocycles. The molecular weight excluding hydrogens is 390 g/mol. The minimum absolute atomic E-state index is 0.0794. The van der Waals surface area contributed by atoms with Crippen molar-refractivity contribution in [3.63, 3.8) is 0 Å². The highest BCUT2D eigenvalue weighted by molar-refractivity contribution is 7.85. The fourth-order valence-corrected chi connectivity index (χ4v) is 4.31. The average molecular weight is 412 g/mol. The van der Waals surface area contributed by atoms with Gasteiger partial charge in [-0.25, -0.2) is 0 Å². The van der Waals surface area contributed by atoms with Crippen molar-refractivity contribution in [2.45, 2.75) is 17.9 Å². The summed E-state index contributed by atoms with van der Waals surface area (Å²) in [4.78, 5) is 13.7. The van der Waals surface area contributed by atoms with Crippen molar-refractivity contribution in [2.75, 3.05) is 5.75 Å². The summed E-state index contributed by atoms with van der Waals surface area (Å²) in [6.45, 7) is 0.403. The molecule has 0 saturated heterocycles. The molecule has 0 aliphatic heterocycles. The summed E-state index contributed by atoms with van der Waals surface area (Å²) in [6, 6.07) is 27.1. The number of aromatic nitrogens is 1. The molecular formula is C26H21NO2S. The molecule has 0 spiro atoms. The van der Waals surface area contributed by atoms with Crippen LogP contribution >= 0.6 is 0 Å². The molecule has 0 saturated carbocycles. The van der Waals surface area contributed by atoms with Crippen molar-refractivity contribution in [1.82, 2.24) is 4.57 Å². The van der Waals surface area contributed by atoms with Gasteiger partial charge in [-0.2, -0.15) is 0 Å². The number of nitrogens with zero attached hydrogens (tertiary/aromatic N) is 1. The van der Waals surface area contributed by atoms with Gasteiger partial charge in [-0.1, -0.05) is 66.4 Å². The van der Waals surface area contributed by atoms with Gasteiger partial charge in [-0.15, -0.1) is 0 Å². The van der Waals surface area contributed by atoms with Gasteiger partial charge in [0.15, 0.2) is 0 Å². The lowest BCUT2D eigenvalue weighted by atomic mass is 10.1. The molecule has 148 valence electrons. The Hall–Kier alpha value is -3.42. The lowest BCUT2D eigenvalue weighted by Crippen LogP contribution is -2.22. The van der Waals surface area contributed by atoms with Crippen LogP contribution in [0.4, 0.5) is 0 Å². The minimum atomic E-state index is -1.13. The summed E-state index contributed by atoms with van der Waals surface area (Å²) < 4.78 is 14.1. The van der Waals surface area contributed by atoms with E-state index in [2.05, 4.69) is 11.8 Å². The van der Waals surface area contributed by atoms with Gasteiger partial charge in [0.2, 0.25) is 0 Å². The predicted molar refractivity (Wildman–Crippen MR) is 123 cm³/mol. The molecule has 3 nitrogen and oxygen atoms in total. The maximum atomic E-state index is 12.9. The Kier molecular flexibility index (Phi) is 6.22. The van der Waals surface area contributed by atoms with Crippen LogP contribution in [0, 0.1) is 11.8 Å². The van der Waals surface area contributed by atoms with Crippen LogP contribution < -0.4 is 5.56 Å². The normalized spacial score (nSPS) is 11.6. The largest absolute Gasteiger partial charge is 0.314 e. The van der Waals surface area contributed by atoms with E-state index < -0.39 is 10.8 Å². The Bertz CT molecular complexity index is 1300. The molecule has 0 fully saturated rings. The first-order valence-electron chi connectivity index (χ1n) is 9.80. The zero-order valence-corrected chi connectivity index (χ0v) is 17.3. The third-order valence-electron chi connectivity index (χ3n) is 4.87. The highest BCUT2D eigenvalue weighted by atomic mass is 32.2. The Balaban J connectivity index is 1.53. The predicted octanol–water partition coefficient (Wildman–Crippen LogP) is 4.40. The average Bonchev–Trinajstić information content (AvgIpc) is 2.80. The number of fused-ring (bicyclic) bond motifs is 1. The van der Waals surface area contributed by atoms with Crippen LogP contribution in [0.2, 0.25) is 0 Å². The second-order valence-electron chi connectivity index (χ2n) is 6.94. The first-order chi connectivity index (χ1) is 14.7. The zero-order chi connectivity index (χ0) is 20.8. The van der Waals surface area contributed by atoms with Gasteiger partial charge in [-0.3, -0.25) is 9.00 Å². The molecule has 0 bridgehead atoms. The van der Waals surface area contributed by atoms with Crippen molar-refractivity contribution in [1.29, 1.82) is 0 Å². The number of benzene rings is 3. The van der Waals surface area contributed by atoms with E-state index in [0.717, 1.165) is 15.8 Å². The van der Waals surface area contributed by atoms with E-state index >= 15 is 0 Å². The van der Waals surface area contributed by atoms with Gasteiger partial charge in [0.05, 0.1) is 10.8 Å². The topological polar surface area (TPSA) is 39.1 Å². The highest BCUT2D eigenvalue weighted by Gasteiger charge is 2.07. The van der Waals surface area contributed by atoms with E-state index in [1.165, 1.54) is 5.56 Å².